The molecule has 0 N–H and O–H groups in total. The summed E-state index contributed by atoms with van der Waals surface area (Å²) in [4.78, 5) is 22.6. The van der Waals surface area contributed by atoms with Gasteiger partial charge in [-0.3, -0.25) is 4.79 Å². The SMILES string of the molecule is CCC(=O)C=C1OC(=O)c2ccccc21. The summed E-state index contributed by atoms with van der Waals surface area (Å²) in [7, 11) is 0. The topological polar surface area (TPSA) is 43.4 Å². The van der Waals surface area contributed by atoms with Crippen LogP contribution in [0.5, 0.6) is 0 Å². The van der Waals surface area contributed by atoms with Gasteiger partial charge in [-0.2, -0.15) is 0 Å². The number of rotatable bonds is 2. The molecule has 15 heavy (non-hydrogen) atoms. The van der Waals surface area contributed by atoms with Crippen LogP contribution < -0.4 is 0 Å². The molecule has 0 fully saturated rings. The number of esters is 1. The number of ether oxygens (including phenoxy) is 1. The van der Waals surface area contributed by atoms with E-state index in [1.54, 1.807) is 25.1 Å². The summed E-state index contributed by atoms with van der Waals surface area (Å²) < 4.78 is 5.01. The lowest BCUT2D eigenvalue weighted by atomic mass is 10.1. The van der Waals surface area contributed by atoms with Gasteiger partial charge in [-0.15, -0.1) is 0 Å². The van der Waals surface area contributed by atoms with Gasteiger partial charge in [-0.25, -0.2) is 4.79 Å². The molecule has 0 radical (unpaired) electrons. The van der Waals surface area contributed by atoms with Crippen LogP contribution in [-0.2, 0) is 9.53 Å². The minimum Gasteiger partial charge on any atom is -0.422 e. The van der Waals surface area contributed by atoms with E-state index in [9.17, 15) is 9.59 Å². The Morgan fingerprint density at radius 2 is 2.00 bits per heavy atom. The molecule has 1 aromatic rings. The molecule has 0 saturated heterocycles. The number of carbonyl (C=O) groups is 2. The van der Waals surface area contributed by atoms with Crippen LogP contribution >= 0.6 is 0 Å². The third kappa shape index (κ3) is 1.68. The first kappa shape index (κ1) is 9.65. The maximum atomic E-state index is 11.4. The second-order valence-corrected chi connectivity index (χ2v) is 3.26. The first-order valence-electron chi connectivity index (χ1n) is 4.78. The molecule has 3 nitrogen and oxygen atoms in total. The van der Waals surface area contributed by atoms with Gasteiger partial charge in [-0.05, 0) is 6.07 Å². The van der Waals surface area contributed by atoms with E-state index < -0.39 is 0 Å². The lowest BCUT2D eigenvalue weighted by Crippen LogP contribution is -1.94. The van der Waals surface area contributed by atoms with Gasteiger partial charge in [-0.1, -0.05) is 25.1 Å². The van der Waals surface area contributed by atoms with Crippen LogP contribution in [0.4, 0.5) is 0 Å². The second kappa shape index (κ2) is 3.69. The molecule has 0 spiro atoms. The number of fused-ring (bicyclic) bond motifs is 1. The van der Waals surface area contributed by atoms with Crippen molar-refractivity contribution in [1.82, 2.24) is 0 Å². The first-order chi connectivity index (χ1) is 7.22. The minimum atomic E-state index is -0.388. The lowest BCUT2D eigenvalue weighted by molar-refractivity contribution is -0.114. The third-order valence-electron chi connectivity index (χ3n) is 2.26. The normalized spacial score (nSPS) is 16.3. The monoisotopic (exact) mass is 202 g/mol. The molecule has 1 heterocycles. The number of hydrogen-bond acceptors (Lipinski definition) is 3. The first-order valence-corrected chi connectivity index (χ1v) is 4.78. The zero-order valence-electron chi connectivity index (χ0n) is 8.32. The Labute approximate surface area is 87.4 Å². The summed E-state index contributed by atoms with van der Waals surface area (Å²) >= 11 is 0. The molecule has 1 aliphatic heterocycles. The zero-order chi connectivity index (χ0) is 10.8. The molecule has 0 unspecified atom stereocenters. The van der Waals surface area contributed by atoms with E-state index in [2.05, 4.69) is 0 Å². The minimum absolute atomic E-state index is 0.0468. The summed E-state index contributed by atoms with van der Waals surface area (Å²) in [6, 6.07) is 7.04. The predicted molar refractivity (Wildman–Crippen MR) is 55.1 cm³/mol. The van der Waals surface area contributed by atoms with Crippen LogP contribution in [0.1, 0.15) is 29.3 Å². The van der Waals surface area contributed by atoms with Crippen LogP contribution in [0.3, 0.4) is 0 Å². The fraction of sp³-hybridized carbons (Fsp3) is 0.167. The summed E-state index contributed by atoms with van der Waals surface area (Å²) in [5.74, 6) is -0.0716. The lowest BCUT2D eigenvalue weighted by Gasteiger charge is -1.96. The number of carbonyl (C=O) groups excluding carboxylic acids is 2. The predicted octanol–water partition coefficient (Wildman–Crippen LogP) is 2.18. The Bertz CT molecular complexity index is 458. The average molecular weight is 202 g/mol. The molecule has 0 bridgehead atoms. The summed E-state index contributed by atoms with van der Waals surface area (Å²) in [5, 5.41) is 0. The van der Waals surface area contributed by atoms with Crippen LogP contribution in [0.15, 0.2) is 30.3 Å². The molecule has 0 saturated carbocycles. The van der Waals surface area contributed by atoms with Crippen molar-refractivity contribution in [2.24, 2.45) is 0 Å². The largest absolute Gasteiger partial charge is 0.422 e. The van der Waals surface area contributed by atoms with Gasteiger partial charge in [0.05, 0.1) is 5.56 Å². The molecule has 2 rings (SSSR count). The van der Waals surface area contributed by atoms with Gasteiger partial charge < -0.3 is 4.74 Å². The molecular formula is C12H10O3. The number of cyclic esters (lactones) is 1. The molecule has 0 aliphatic carbocycles. The highest BCUT2D eigenvalue weighted by Gasteiger charge is 2.25. The average Bonchev–Trinajstić information content (AvgIpc) is 2.57. The van der Waals surface area contributed by atoms with Crippen LogP contribution in [-0.4, -0.2) is 11.8 Å². The van der Waals surface area contributed by atoms with Gasteiger partial charge >= 0.3 is 5.97 Å². The van der Waals surface area contributed by atoms with Gasteiger partial charge in [0.25, 0.3) is 0 Å². The van der Waals surface area contributed by atoms with E-state index in [4.69, 9.17) is 4.74 Å². The maximum Gasteiger partial charge on any atom is 0.344 e. The Balaban J connectivity index is 2.45. The van der Waals surface area contributed by atoms with Crippen molar-refractivity contribution in [1.29, 1.82) is 0 Å². The Morgan fingerprint density at radius 1 is 1.33 bits per heavy atom. The number of ketones is 1. The van der Waals surface area contributed by atoms with Crippen LogP contribution in [0.25, 0.3) is 5.76 Å². The molecule has 0 atom stereocenters. The number of allylic oxidation sites excluding steroid dienone is 1. The highest BCUT2D eigenvalue weighted by Crippen LogP contribution is 2.29. The van der Waals surface area contributed by atoms with E-state index in [-0.39, 0.29) is 11.8 Å². The molecule has 0 aromatic heterocycles. The molecule has 3 heteroatoms. The van der Waals surface area contributed by atoms with E-state index in [1.165, 1.54) is 6.08 Å². The smallest absolute Gasteiger partial charge is 0.344 e. The third-order valence-corrected chi connectivity index (χ3v) is 2.26. The van der Waals surface area contributed by atoms with Crippen molar-refractivity contribution in [2.45, 2.75) is 13.3 Å². The summed E-state index contributed by atoms with van der Waals surface area (Å²) in [6.45, 7) is 1.77. The Kier molecular flexibility index (Phi) is 2.37. The molecule has 1 aliphatic rings. The fourth-order valence-electron chi connectivity index (χ4n) is 1.44. The summed E-state index contributed by atoms with van der Waals surface area (Å²) in [6.07, 6.45) is 1.78. The van der Waals surface area contributed by atoms with Gasteiger partial charge in [0, 0.05) is 18.1 Å². The van der Waals surface area contributed by atoms with E-state index >= 15 is 0 Å². The summed E-state index contributed by atoms with van der Waals surface area (Å²) in [5.41, 5.74) is 1.22. The van der Waals surface area contributed by atoms with Crippen molar-refractivity contribution < 1.29 is 14.3 Å². The van der Waals surface area contributed by atoms with Crippen molar-refractivity contribution in [3.8, 4) is 0 Å². The van der Waals surface area contributed by atoms with Crippen molar-refractivity contribution in [2.75, 3.05) is 0 Å². The quantitative estimate of drug-likeness (QED) is 0.545. The second-order valence-electron chi connectivity index (χ2n) is 3.26. The van der Waals surface area contributed by atoms with Crippen molar-refractivity contribution >= 4 is 17.5 Å². The molecule has 0 amide bonds. The molecule has 1 aromatic carbocycles. The van der Waals surface area contributed by atoms with E-state index in [1.807, 2.05) is 6.07 Å². The van der Waals surface area contributed by atoms with Crippen molar-refractivity contribution in [3.05, 3.63) is 41.5 Å². The number of benzene rings is 1. The number of hydrogen-bond donors (Lipinski definition) is 0. The zero-order valence-corrected chi connectivity index (χ0v) is 8.32. The highest BCUT2D eigenvalue weighted by molar-refractivity contribution is 6.07. The Hall–Kier alpha value is -1.90. The standard InChI is InChI=1S/C12H10O3/c1-2-8(13)7-11-9-5-3-4-6-10(9)12(14)15-11/h3-7H,2H2,1H3. The van der Waals surface area contributed by atoms with Gasteiger partial charge in [0.15, 0.2) is 5.78 Å². The van der Waals surface area contributed by atoms with E-state index in [0.717, 1.165) is 0 Å². The highest BCUT2D eigenvalue weighted by atomic mass is 16.5. The van der Waals surface area contributed by atoms with Crippen LogP contribution in [0, 0.1) is 0 Å². The molecule has 76 valence electrons. The van der Waals surface area contributed by atoms with Crippen molar-refractivity contribution in [3.63, 3.8) is 0 Å². The maximum absolute atomic E-state index is 11.4. The van der Waals surface area contributed by atoms with Gasteiger partial charge in [0.2, 0.25) is 0 Å². The molecular weight excluding hydrogens is 192 g/mol. The van der Waals surface area contributed by atoms with Crippen LogP contribution in [0.2, 0.25) is 0 Å². The van der Waals surface area contributed by atoms with Gasteiger partial charge in [0.1, 0.15) is 5.76 Å². The fourth-order valence-corrected chi connectivity index (χ4v) is 1.44. The van der Waals surface area contributed by atoms with E-state index in [0.29, 0.717) is 23.3 Å². The Morgan fingerprint density at radius 3 is 2.67 bits per heavy atom.